The molecule has 0 spiro atoms. The molecule has 26 heavy (non-hydrogen) atoms. The summed E-state index contributed by atoms with van der Waals surface area (Å²) in [6, 6.07) is 15.3. The summed E-state index contributed by atoms with van der Waals surface area (Å²) in [5.74, 6) is -0.124. The monoisotopic (exact) mass is 349 g/mol. The fourth-order valence-electron chi connectivity index (χ4n) is 2.83. The van der Waals surface area contributed by atoms with E-state index in [0.29, 0.717) is 17.6 Å². The molecule has 0 aliphatic rings. The largest absolute Gasteiger partial charge is 0.326 e. The van der Waals surface area contributed by atoms with E-state index in [4.69, 9.17) is 0 Å². The van der Waals surface area contributed by atoms with Crippen molar-refractivity contribution in [3.05, 3.63) is 70.1 Å². The number of hydrogen-bond acceptors (Lipinski definition) is 3. The van der Waals surface area contributed by atoms with E-state index in [1.54, 1.807) is 0 Å². The Balaban J connectivity index is 1.59. The van der Waals surface area contributed by atoms with E-state index in [1.807, 2.05) is 48.5 Å². The lowest BCUT2D eigenvalue weighted by atomic mass is 10.1. The molecule has 1 amide bonds. The number of hydrogen-bond donors (Lipinski definition) is 2. The Morgan fingerprint density at radius 1 is 1.08 bits per heavy atom. The molecule has 0 radical (unpaired) electrons. The van der Waals surface area contributed by atoms with Gasteiger partial charge in [-0.3, -0.25) is 9.59 Å². The number of carbonyl (C=O) groups excluding carboxylic acids is 1. The predicted octanol–water partition coefficient (Wildman–Crippen LogP) is 3.84. The second-order valence-corrected chi connectivity index (χ2v) is 6.38. The number of nitrogens with one attached hydrogen (secondary N) is 2. The van der Waals surface area contributed by atoms with E-state index < -0.39 is 0 Å². The van der Waals surface area contributed by atoms with Gasteiger partial charge in [0.2, 0.25) is 5.91 Å². The van der Waals surface area contributed by atoms with Crippen LogP contribution in [0.4, 0.5) is 5.69 Å². The lowest BCUT2D eigenvalue weighted by molar-refractivity contribution is -0.116. The third kappa shape index (κ3) is 4.57. The number of aromatic amines is 1. The predicted molar refractivity (Wildman–Crippen MR) is 104 cm³/mol. The number of nitrogens with zero attached hydrogens (tertiary/aromatic N) is 1. The number of rotatable bonds is 7. The average Bonchev–Trinajstić information content (AvgIpc) is 2.66. The van der Waals surface area contributed by atoms with E-state index in [0.717, 1.165) is 17.6 Å². The van der Waals surface area contributed by atoms with E-state index in [2.05, 4.69) is 22.2 Å². The van der Waals surface area contributed by atoms with E-state index in [-0.39, 0.29) is 17.9 Å². The van der Waals surface area contributed by atoms with Gasteiger partial charge < -0.3 is 10.3 Å². The molecule has 0 saturated heterocycles. The van der Waals surface area contributed by atoms with Crippen LogP contribution in [0.2, 0.25) is 0 Å². The highest BCUT2D eigenvalue weighted by atomic mass is 16.1. The highest BCUT2D eigenvalue weighted by molar-refractivity contribution is 5.90. The molecule has 3 aromatic rings. The zero-order chi connectivity index (χ0) is 18.4. The minimum atomic E-state index is -0.239. The molecule has 2 aromatic carbocycles. The summed E-state index contributed by atoms with van der Waals surface area (Å²) < 4.78 is 0. The molecular formula is C21H23N3O2. The van der Waals surface area contributed by atoms with Gasteiger partial charge in [0.05, 0.1) is 11.0 Å². The number of benzene rings is 2. The first kappa shape index (κ1) is 17.9. The Morgan fingerprint density at radius 2 is 1.85 bits per heavy atom. The SMILES string of the molecule is CCCCc1ccc(NC(=O)CCc2nc3ccccc3[nH]c2=O)cc1. The smallest absolute Gasteiger partial charge is 0.270 e. The Bertz CT molecular complexity index is 945. The molecule has 0 fully saturated rings. The first-order valence-electron chi connectivity index (χ1n) is 9.02. The highest BCUT2D eigenvalue weighted by Gasteiger charge is 2.08. The molecular weight excluding hydrogens is 326 g/mol. The van der Waals surface area contributed by atoms with Gasteiger partial charge in [0.1, 0.15) is 5.69 Å². The number of para-hydroxylation sites is 2. The molecule has 0 bridgehead atoms. The molecule has 0 saturated carbocycles. The average molecular weight is 349 g/mol. The number of fused-ring (bicyclic) bond motifs is 1. The van der Waals surface area contributed by atoms with E-state index in [1.165, 1.54) is 18.4 Å². The van der Waals surface area contributed by atoms with Crippen LogP contribution in [0.5, 0.6) is 0 Å². The number of H-pyrrole nitrogens is 1. The summed E-state index contributed by atoms with van der Waals surface area (Å²) in [5.41, 5.74) is 3.62. The molecule has 0 aliphatic carbocycles. The molecule has 0 atom stereocenters. The zero-order valence-corrected chi connectivity index (χ0v) is 14.9. The van der Waals surface area contributed by atoms with Crippen LogP contribution >= 0.6 is 0 Å². The fraction of sp³-hybridized carbons (Fsp3) is 0.286. The van der Waals surface area contributed by atoms with Crippen molar-refractivity contribution in [2.24, 2.45) is 0 Å². The first-order chi connectivity index (χ1) is 12.7. The van der Waals surface area contributed by atoms with E-state index >= 15 is 0 Å². The van der Waals surface area contributed by atoms with Gasteiger partial charge in [-0.25, -0.2) is 4.98 Å². The van der Waals surface area contributed by atoms with Crippen molar-refractivity contribution in [1.82, 2.24) is 9.97 Å². The Kier molecular flexibility index (Phi) is 5.79. The minimum Gasteiger partial charge on any atom is -0.326 e. The third-order valence-electron chi connectivity index (χ3n) is 4.32. The van der Waals surface area contributed by atoms with Crippen molar-refractivity contribution in [2.75, 3.05) is 5.32 Å². The van der Waals surface area contributed by atoms with Gasteiger partial charge in [0, 0.05) is 18.5 Å². The van der Waals surface area contributed by atoms with Crippen molar-refractivity contribution in [3.8, 4) is 0 Å². The van der Waals surface area contributed by atoms with Crippen LogP contribution in [0, 0.1) is 0 Å². The van der Waals surface area contributed by atoms with Gasteiger partial charge in [-0.2, -0.15) is 0 Å². The van der Waals surface area contributed by atoms with Gasteiger partial charge >= 0.3 is 0 Å². The lowest BCUT2D eigenvalue weighted by Gasteiger charge is -2.07. The second-order valence-electron chi connectivity index (χ2n) is 6.38. The lowest BCUT2D eigenvalue weighted by Crippen LogP contribution is -2.19. The molecule has 0 unspecified atom stereocenters. The van der Waals surface area contributed by atoms with Crippen molar-refractivity contribution < 1.29 is 4.79 Å². The first-order valence-corrected chi connectivity index (χ1v) is 9.02. The maximum Gasteiger partial charge on any atom is 0.270 e. The van der Waals surface area contributed by atoms with Crippen LogP contribution in [0.25, 0.3) is 11.0 Å². The number of aromatic nitrogens is 2. The van der Waals surface area contributed by atoms with Gasteiger partial charge in [0.15, 0.2) is 0 Å². The minimum absolute atomic E-state index is 0.124. The van der Waals surface area contributed by atoms with Gasteiger partial charge in [0.25, 0.3) is 5.56 Å². The van der Waals surface area contributed by atoms with Crippen LogP contribution in [-0.4, -0.2) is 15.9 Å². The van der Waals surface area contributed by atoms with Gasteiger partial charge in [-0.1, -0.05) is 37.6 Å². The highest BCUT2D eigenvalue weighted by Crippen LogP contribution is 2.12. The van der Waals surface area contributed by atoms with Crippen LogP contribution in [-0.2, 0) is 17.6 Å². The maximum absolute atomic E-state index is 12.2. The Labute approximate surface area is 152 Å². The molecule has 1 heterocycles. The topological polar surface area (TPSA) is 74.8 Å². The summed E-state index contributed by atoms with van der Waals surface area (Å²) in [4.78, 5) is 31.4. The van der Waals surface area contributed by atoms with Crippen molar-refractivity contribution in [3.63, 3.8) is 0 Å². The third-order valence-corrected chi connectivity index (χ3v) is 4.32. The number of anilines is 1. The summed E-state index contributed by atoms with van der Waals surface area (Å²) in [6.45, 7) is 2.17. The van der Waals surface area contributed by atoms with Crippen molar-refractivity contribution >= 4 is 22.6 Å². The summed E-state index contributed by atoms with van der Waals surface area (Å²) >= 11 is 0. The molecule has 3 rings (SSSR count). The van der Waals surface area contributed by atoms with Crippen LogP contribution in [0.3, 0.4) is 0 Å². The number of amides is 1. The quantitative estimate of drug-likeness (QED) is 0.680. The summed E-state index contributed by atoms with van der Waals surface area (Å²) in [6.07, 6.45) is 3.91. The van der Waals surface area contributed by atoms with Crippen molar-refractivity contribution in [2.45, 2.75) is 39.0 Å². The second kappa shape index (κ2) is 8.43. The van der Waals surface area contributed by atoms with Crippen molar-refractivity contribution in [1.29, 1.82) is 0 Å². The standard InChI is InChI=1S/C21H23N3O2/c1-2-3-6-15-9-11-16(12-10-15)22-20(25)14-13-19-21(26)24-18-8-5-4-7-17(18)23-19/h4-5,7-12H,2-3,6,13-14H2,1H3,(H,22,25)(H,24,26). The summed E-state index contributed by atoms with van der Waals surface area (Å²) in [5, 5.41) is 2.87. The molecule has 0 aliphatic heterocycles. The molecule has 134 valence electrons. The van der Waals surface area contributed by atoms with Crippen LogP contribution < -0.4 is 10.9 Å². The van der Waals surface area contributed by atoms with Gasteiger partial charge in [-0.05, 0) is 42.7 Å². The molecule has 1 aromatic heterocycles. The fourth-order valence-corrected chi connectivity index (χ4v) is 2.83. The molecule has 2 N–H and O–H groups in total. The molecule has 5 heteroatoms. The van der Waals surface area contributed by atoms with Gasteiger partial charge in [-0.15, -0.1) is 0 Å². The zero-order valence-electron chi connectivity index (χ0n) is 14.9. The van der Waals surface area contributed by atoms with E-state index in [9.17, 15) is 9.59 Å². The normalized spacial score (nSPS) is 10.8. The maximum atomic E-state index is 12.2. The summed E-state index contributed by atoms with van der Waals surface area (Å²) in [7, 11) is 0. The number of unbranched alkanes of at least 4 members (excludes halogenated alkanes) is 1. The number of carbonyl (C=O) groups is 1. The van der Waals surface area contributed by atoms with Crippen LogP contribution in [0.1, 0.15) is 37.4 Å². The Hall–Kier alpha value is -2.95. The number of aryl methyl sites for hydroxylation is 2. The van der Waals surface area contributed by atoms with Crippen LogP contribution in [0.15, 0.2) is 53.3 Å². The molecule has 5 nitrogen and oxygen atoms in total. The Morgan fingerprint density at radius 3 is 2.62 bits per heavy atom.